The van der Waals surface area contributed by atoms with E-state index in [1.165, 1.54) is 18.9 Å². The Bertz CT molecular complexity index is 575. The predicted octanol–water partition coefficient (Wildman–Crippen LogP) is -3.90. The minimum Gasteiger partial charge on any atom is -0.543 e. The van der Waals surface area contributed by atoms with Crippen molar-refractivity contribution in [1.82, 2.24) is 10.2 Å². The number of hydrogen-bond donors (Lipinski definition) is 1. The van der Waals surface area contributed by atoms with Gasteiger partial charge in [0, 0.05) is 12.8 Å². The smallest absolute Gasteiger partial charge is 0.543 e. The van der Waals surface area contributed by atoms with Crippen molar-refractivity contribution in [1.29, 1.82) is 5.26 Å². The number of fused-ring (bicyclic) bond motifs is 1. The summed E-state index contributed by atoms with van der Waals surface area (Å²) in [5.41, 5.74) is -0.216. The standard InChI is InChI=1S/C12H13N3O4S2.K/c1-19-6-5-21-11-8(14-7(20)3-2-4-13)10(16)15(11)9(6)12(17)18;/h8,11H,2-3,5H2,1H3,(H,14,20)(H,17,18);/q;+1/p-1/t8?,11-;/m1./s1. The minimum atomic E-state index is -1.43. The number of carboxylic acids is 1. The molecule has 2 heterocycles. The molecule has 0 aromatic heterocycles. The third-order valence-corrected chi connectivity index (χ3v) is 4.73. The summed E-state index contributed by atoms with van der Waals surface area (Å²) in [6.07, 6.45) is 0.645. The zero-order chi connectivity index (χ0) is 15.6. The molecule has 1 saturated heterocycles. The van der Waals surface area contributed by atoms with E-state index in [2.05, 4.69) is 5.32 Å². The van der Waals surface area contributed by atoms with Gasteiger partial charge in [-0.15, -0.1) is 11.8 Å². The Hall–Kier alpha value is -0.154. The summed E-state index contributed by atoms with van der Waals surface area (Å²) in [5, 5.41) is 22.2. The predicted molar refractivity (Wildman–Crippen MR) is 76.5 cm³/mol. The van der Waals surface area contributed by atoms with E-state index in [4.69, 9.17) is 22.2 Å². The molecule has 112 valence electrons. The summed E-state index contributed by atoms with van der Waals surface area (Å²) in [5.74, 6) is -1.26. The fourth-order valence-corrected chi connectivity index (χ4v) is 3.69. The minimum absolute atomic E-state index is 0. The number of amides is 1. The number of thiocarbonyl (C=S) groups is 1. The van der Waals surface area contributed by atoms with Crippen LogP contribution in [0.5, 0.6) is 0 Å². The molecule has 2 atom stereocenters. The van der Waals surface area contributed by atoms with E-state index in [0.29, 0.717) is 17.2 Å². The number of nitrogens with zero attached hydrogens (tertiary/aromatic N) is 2. The number of methoxy groups -OCH3 is 1. The molecule has 0 spiro atoms. The zero-order valence-electron chi connectivity index (χ0n) is 12.1. The molecule has 0 aliphatic carbocycles. The van der Waals surface area contributed by atoms with E-state index in [9.17, 15) is 14.7 Å². The summed E-state index contributed by atoms with van der Waals surface area (Å²) in [4.78, 5) is 24.9. The molecule has 2 aliphatic rings. The maximum atomic E-state index is 12.1. The molecular formula is C12H12KN3O4S2. The first kappa shape index (κ1) is 19.9. The molecular weight excluding hydrogens is 353 g/mol. The molecule has 0 saturated carbocycles. The van der Waals surface area contributed by atoms with Gasteiger partial charge in [0.05, 0.1) is 29.9 Å². The molecule has 1 unspecified atom stereocenters. The summed E-state index contributed by atoms with van der Waals surface area (Å²) in [6.45, 7) is 0. The van der Waals surface area contributed by atoms with Gasteiger partial charge in [-0.1, -0.05) is 12.2 Å². The molecule has 0 bridgehead atoms. The molecule has 1 N–H and O–H groups in total. The molecule has 0 radical (unpaired) electrons. The quantitative estimate of drug-likeness (QED) is 0.299. The molecule has 2 rings (SSSR count). The topological polar surface area (TPSA) is 105 Å². The normalized spacial score (nSPS) is 22.7. The van der Waals surface area contributed by atoms with Crippen LogP contribution in [0.1, 0.15) is 12.8 Å². The van der Waals surface area contributed by atoms with Crippen molar-refractivity contribution in [3.8, 4) is 6.07 Å². The fraction of sp³-hybridized carbons (Fsp3) is 0.500. The van der Waals surface area contributed by atoms with Crippen LogP contribution in [0.15, 0.2) is 11.5 Å². The van der Waals surface area contributed by atoms with Gasteiger partial charge < -0.3 is 20.0 Å². The number of carbonyl (C=O) groups is 2. The first-order chi connectivity index (χ1) is 10.0. The number of aliphatic carboxylic acids is 1. The van der Waals surface area contributed by atoms with E-state index >= 15 is 0 Å². The van der Waals surface area contributed by atoms with Gasteiger partial charge in [0.2, 0.25) is 0 Å². The largest absolute Gasteiger partial charge is 1.00 e. The zero-order valence-corrected chi connectivity index (χ0v) is 16.9. The molecule has 7 nitrogen and oxygen atoms in total. The first-order valence-corrected chi connectivity index (χ1v) is 7.56. The number of carbonyl (C=O) groups excluding carboxylic acids is 2. The average Bonchev–Trinajstić information content (AvgIpc) is 2.48. The van der Waals surface area contributed by atoms with Crippen molar-refractivity contribution in [3.63, 3.8) is 0 Å². The third-order valence-electron chi connectivity index (χ3n) is 3.15. The third kappa shape index (κ3) is 3.84. The monoisotopic (exact) mass is 365 g/mol. The van der Waals surface area contributed by atoms with E-state index < -0.39 is 12.0 Å². The number of β-lactam (4-membered cyclic amide) rings is 1. The van der Waals surface area contributed by atoms with Crippen molar-refractivity contribution < 1.29 is 70.8 Å². The Morgan fingerprint density at radius 1 is 1.68 bits per heavy atom. The van der Waals surface area contributed by atoms with Crippen LogP contribution in [-0.4, -0.2) is 46.0 Å². The van der Waals surface area contributed by atoms with E-state index in [-0.39, 0.29) is 80.5 Å². The molecule has 1 amide bonds. The molecule has 1 fully saturated rings. The summed E-state index contributed by atoms with van der Waals surface area (Å²) >= 11 is 6.45. The van der Waals surface area contributed by atoms with Gasteiger partial charge in [-0.2, -0.15) is 5.26 Å². The fourth-order valence-electron chi connectivity index (χ4n) is 2.15. The number of ether oxygens (including phenoxy) is 1. The number of rotatable bonds is 5. The molecule has 0 aromatic rings. The van der Waals surface area contributed by atoms with Crippen molar-refractivity contribution in [3.05, 3.63) is 11.5 Å². The second-order valence-corrected chi connectivity index (χ2v) is 5.97. The van der Waals surface area contributed by atoms with Crippen LogP contribution in [0.2, 0.25) is 0 Å². The Balaban J connectivity index is 0.00000242. The van der Waals surface area contributed by atoms with Crippen LogP contribution >= 0.6 is 24.0 Å². The van der Waals surface area contributed by atoms with E-state index in [0.717, 1.165) is 4.90 Å². The number of nitriles is 1. The van der Waals surface area contributed by atoms with Crippen LogP contribution in [0.3, 0.4) is 0 Å². The van der Waals surface area contributed by atoms with Crippen molar-refractivity contribution >= 4 is 40.8 Å². The van der Waals surface area contributed by atoms with Gasteiger partial charge in [0.1, 0.15) is 22.9 Å². The van der Waals surface area contributed by atoms with Crippen LogP contribution in [0.4, 0.5) is 0 Å². The van der Waals surface area contributed by atoms with Gasteiger partial charge >= 0.3 is 51.4 Å². The number of carboxylic acid groups (broad SMARTS) is 1. The summed E-state index contributed by atoms with van der Waals surface area (Å²) in [6, 6.07) is 1.40. The second kappa shape index (κ2) is 8.63. The summed E-state index contributed by atoms with van der Waals surface area (Å²) in [7, 11) is 1.36. The molecule has 0 aromatic carbocycles. The van der Waals surface area contributed by atoms with Gasteiger partial charge in [0.25, 0.3) is 5.91 Å². The van der Waals surface area contributed by atoms with Gasteiger partial charge in [-0.05, 0) is 0 Å². The SMILES string of the molecule is COC1=C(C(=O)[O-])N2C(=O)C(NC(=S)CCC#N)[C@H]2SC1.[K+]. The average molecular weight is 365 g/mol. The molecule has 2 aliphatic heterocycles. The van der Waals surface area contributed by atoms with Crippen molar-refractivity contribution in [2.75, 3.05) is 12.9 Å². The molecule has 22 heavy (non-hydrogen) atoms. The Kier molecular flexibility index (Phi) is 7.80. The van der Waals surface area contributed by atoms with Crippen molar-refractivity contribution in [2.24, 2.45) is 0 Å². The van der Waals surface area contributed by atoms with Crippen LogP contribution in [0, 0.1) is 11.3 Å². The van der Waals surface area contributed by atoms with Gasteiger partial charge in [-0.3, -0.25) is 9.69 Å². The first-order valence-electron chi connectivity index (χ1n) is 6.10. The van der Waals surface area contributed by atoms with Gasteiger partial charge in [-0.25, -0.2) is 0 Å². The van der Waals surface area contributed by atoms with Crippen LogP contribution in [-0.2, 0) is 14.3 Å². The Morgan fingerprint density at radius 3 is 2.91 bits per heavy atom. The molecule has 10 heteroatoms. The van der Waals surface area contributed by atoms with E-state index in [1.54, 1.807) is 0 Å². The second-order valence-electron chi connectivity index (χ2n) is 4.38. The maximum Gasteiger partial charge on any atom is 1.00 e. The number of thioether (sulfide) groups is 1. The van der Waals surface area contributed by atoms with E-state index in [1.807, 2.05) is 6.07 Å². The number of nitrogens with one attached hydrogen (secondary N) is 1. The maximum absolute atomic E-state index is 12.1. The Morgan fingerprint density at radius 2 is 2.36 bits per heavy atom. The van der Waals surface area contributed by atoms with Crippen LogP contribution in [0.25, 0.3) is 0 Å². The number of hydrogen-bond acceptors (Lipinski definition) is 7. The summed E-state index contributed by atoms with van der Waals surface area (Å²) < 4.78 is 5.00. The van der Waals surface area contributed by atoms with Crippen molar-refractivity contribution in [2.45, 2.75) is 24.3 Å². The van der Waals surface area contributed by atoms with Crippen LogP contribution < -0.4 is 61.8 Å². The van der Waals surface area contributed by atoms with Gasteiger partial charge in [0.15, 0.2) is 0 Å². The Labute approximate surface area is 179 Å².